The van der Waals surface area contributed by atoms with Crippen molar-refractivity contribution in [3.8, 4) is 17.9 Å². The summed E-state index contributed by atoms with van der Waals surface area (Å²) in [5, 5.41) is 0. The molecule has 0 N–H and O–H groups in total. The molecule has 0 atom stereocenters. The van der Waals surface area contributed by atoms with Crippen LogP contribution in [0.25, 0.3) is 4.85 Å². The molecule has 0 amide bonds. The van der Waals surface area contributed by atoms with Crippen LogP contribution in [-0.2, 0) is 17.1 Å². The molecule has 1 aromatic carbocycles. The van der Waals surface area contributed by atoms with Gasteiger partial charge in [-0.15, -0.1) is 0 Å². The van der Waals surface area contributed by atoms with E-state index in [2.05, 4.69) is 29.1 Å². The summed E-state index contributed by atoms with van der Waals surface area (Å²) in [5.41, 5.74) is -0.954. The van der Waals surface area contributed by atoms with Crippen LogP contribution in [-0.4, -0.2) is 34.1 Å². The quantitative estimate of drug-likeness (QED) is 0.171. The maximum atomic E-state index is 12.6. The first-order valence-corrected chi connectivity index (χ1v) is 12.8. The van der Waals surface area contributed by atoms with Gasteiger partial charge in [0.1, 0.15) is 0 Å². The summed E-state index contributed by atoms with van der Waals surface area (Å²) in [4.78, 5) is 3.35. The Kier molecular flexibility index (Phi) is 13.4. The third kappa shape index (κ3) is 20.6. The number of hydrogen-bond donors (Lipinski definition) is 0. The first-order chi connectivity index (χ1) is 14.5. The van der Waals surface area contributed by atoms with Crippen molar-refractivity contribution in [2.24, 2.45) is 0 Å². The fraction of sp³-hybridized carbons (Fsp3) is 0.444. The van der Waals surface area contributed by atoms with E-state index < -0.39 is 57.1 Å². The minimum absolute atomic E-state index is 0.0868. The summed E-state index contributed by atoms with van der Waals surface area (Å²) in [7, 11) is 5.11. The Balaban J connectivity index is 0. The predicted octanol–water partition coefficient (Wildman–Crippen LogP) is 6.95. The Morgan fingerprint density at radius 3 is 1.39 bits per heavy atom. The van der Waals surface area contributed by atoms with Gasteiger partial charge in [-0.1, -0.05) is 0 Å². The first kappa shape index (κ1) is 33.5. The molecular weight excluding hydrogens is 677 g/mol. The molecule has 0 saturated carbocycles. The van der Waals surface area contributed by atoms with Crippen molar-refractivity contribution >= 4 is 13.3 Å². The van der Waals surface area contributed by atoms with Crippen LogP contribution in [0.15, 0.2) is 6.07 Å². The third-order valence-electron chi connectivity index (χ3n) is 2.05. The van der Waals surface area contributed by atoms with Gasteiger partial charge in [0, 0.05) is 11.8 Å². The van der Waals surface area contributed by atoms with Crippen molar-refractivity contribution in [3.63, 3.8) is 0 Å². The SMILES string of the molecule is CC(C)(C)[N+]#C[C-]([C](=[W][Cl])C(F)(F)F)C(F)(F)F.FC(F)(F)C#CC(F)(F)F.[c-]1[c-][c-][cH-][c-]1. The predicted molar refractivity (Wildman–Crippen MR) is 90.5 cm³/mol. The second-order valence-electron chi connectivity index (χ2n) is 6.10. The topological polar surface area (TPSA) is 4.36 Å². The summed E-state index contributed by atoms with van der Waals surface area (Å²) in [6.45, 7) is 4.34. The summed E-state index contributed by atoms with van der Waals surface area (Å²) in [6, 6.07) is 13.5. The van der Waals surface area contributed by atoms with E-state index in [-0.39, 0.29) is 11.8 Å². The van der Waals surface area contributed by atoms with Gasteiger partial charge in [-0.25, -0.2) is 0 Å². The van der Waals surface area contributed by atoms with Crippen LogP contribution in [0.3, 0.4) is 0 Å². The van der Waals surface area contributed by atoms with Gasteiger partial charge < -0.3 is 30.3 Å². The summed E-state index contributed by atoms with van der Waals surface area (Å²) in [6.07, 6.45) is -20.4. The maximum absolute atomic E-state index is 12.6. The molecule has 33 heavy (non-hydrogen) atoms. The van der Waals surface area contributed by atoms with Gasteiger partial charge in [0.15, 0.2) is 0 Å². The molecule has 0 bridgehead atoms. The van der Waals surface area contributed by atoms with Crippen molar-refractivity contribution in [3.05, 3.63) is 41.1 Å². The monoisotopic (exact) mass is 687 g/mol. The molecule has 0 aliphatic rings. The minimum Gasteiger partial charge on any atom is -0.999 e. The van der Waals surface area contributed by atoms with E-state index in [1.807, 2.05) is 0 Å². The minimum atomic E-state index is -5.17. The molecule has 0 spiro atoms. The van der Waals surface area contributed by atoms with Crippen molar-refractivity contribution < 1.29 is 69.7 Å². The summed E-state index contributed by atoms with van der Waals surface area (Å²) < 4.78 is 139. The smallest absolute Gasteiger partial charge is 0.457 e. The second kappa shape index (κ2) is 13.2. The largest absolute Gasteiger partial charge is 0.999 e. The van der Waals surface area contributed by atoms with Gasteiger partial charge in [-0.2, -0.15) is 26.3 Å². The van der Waals surface area contributed by atoms with Gasteiger partial charge in [-0.3, -0.25) is 0 Å². The van der Waals surface area contributed by atoms with E-state index in [1.54, 1.807) is 6.07 Å². The first-order valence-electron chi connectivity index (χ1n) is 7.65. The molecule has 0 aromatic heterocycles. The number of alkyl halides is 12. The second-order valence-corrected chi connectivity index (χ2v) is 9.38. The van der Waals surface area contributed by atoms with E-state index in [9.17, 15) is 52.7 Å². The molecule has 0 fully saturated rings. The van der Waals surface area contributed by atoms with Gasteiger partial charge in [-0.05, 0) is 0 Å². The van der Waals surface area contributed by atoms with Crippen LogP contribution < -0.4 is 0 Å². The standard InChI is InChI=1S/C9H9F6N.C5H.C4F6.ClH.W/c1-7(2,3)16-5-6(9(13,14)15)4-8(10,11)12;1-2-4-5-3-1;5-3(6,7)1-2-4(8,9)10;;/h1-3H3;1H;;1H;/q;-5;;;+1/p-1. The molecule has 0 aliphatic heterocycles. The Morgan fingerprint density at radius 2 is 1.21 bits per heavy atom. The zero-order valence-corrected chi connectivity index (χ0v) is 20.0. The van der Waals surface area contributed by atoms with Crippen molar-refractivity contribution in [2.75, 3.05) is 0 Å². The number of rotatable bonds is 1. The molecular formula is C18H10ClF12NW-5. The van der Waals surface area contributed by atoms with Crippen molar-refractivity contribution in [1.29, 1.82) is 0 Å². The van der Waals surface area contributed by atoms with Gasteiger partial charge in [0.25, 0.3) is 0 Å². The molecule has 0 saturated heterocycles. The van der Waals surface area contributed by atoms with Crippen LogP contribution in [0, 0.1) is 48.1 Å². The zero-order valence-electron chi connectivity index (χ0n) is 16.3. The zero-order chi connectivity index (χ0) is 26.7. The molecule has 1 rings (SSSR count). The van der Waals surface area contributed by atoms with E-state index in [0.29, 0.717) is 0 Å². The third-order valence-corrected chi connectivity index (χ3v) is 5.43. The van der Waals surface area contributed by atoms with E-state index >= 15 is 0 Å². The molecule has 1 nitrogen and oxygen atoms in total. The van der Waals surface area contributed by atoms with Crippen molar-refractivity contribution in [1.82, 2.24) is 0 Å². The fourth-order valence-corrected chi connectivity index (χ4v) is 3.53. The molecule has 189 valence electrons. The summed E-state index contributed by atoms with van der Waals surface area (Å²) in [5.74, 6) is -1.74. The number of halogens is 13. The van der Waals surface area contributed by atoms with E-state index in [0.717, 1.165) is 0 Å². The average Bonchev–Trinajstić information content (AvgIpc) is 3.12. The van der Waals surface area contributed by atoms with Gasteiger partial charge in [0.05, 0.1) is 0 Å². The van der Waals surface area contributed by atoms with Crippen molar-refractivity contribution in [2.45, 2.75) is 51.0 Å². The van der Waals surface area contributed by atoms with Gasteiger partial charge >= 0.3 is 125 Å². The Morgan fingerprint density at radius 1 is 0.818 bits per heavy atom. The normalized spacial score (nSPS) is 12.5. The van der Waals surface area contributed by atoms with Gasteiger partial charge in [0.2, 0.25) is 0 Å². The van der Waals surface area contributed by atoms with Crippen LogP contribution in [0.4, 0.5) is 52.7 Å². The molecule has 0 unspecified atom stereocenters. The Bertz CT molecular complexity index is 798. The molecule has 0 heterocycles. The number of nitrogens with zero attached hydrogens (tertiary/aromatic N) is 1. The van der Waals surface area contributed by atoms with E-state index in [4.69, 9.17) is 9.42 Å². The van der Waals surface area contributed by atoms with E-state index in [1.165, 1.54) is 26.8 Å². The number of hydrogen-bond acceptors (Lipinski definition) is 0. The van der Waals surface area contributed by atoms with Crippen LogP contribution in [0.2, 0.25) is 0 Å². The fourth-order valence-electron chi connectivity index (χ4n) is 1.01. The molecule has 15 heteroatoms. The van der Waals surface area contributed by atoms with Crippen LogP contribution >= 0.6 is 9.42 Å². The molecule has 0 aliphatic carbocycles. The Labute approximate surface area is 193 Å². The molecule has 1 aromatic rings. The maximum Gasteiger partial charge on any atom is 0.457 e. The van der Waals surface area contributed by atoms with Crippen LogP contribution in [0.1, 0.15) is 20.8 Å². The Hall–Kier alpha value is -1.72. The average molecular weight is 688 g/mol. The summed E-state index contributed by atoms with van der Waals surface area (Å²) >= 11 is -2.84. The van der Waals surface area contributed by atoms with Crippen LogP contribution in [0.5, 0.6) is 0 Å². The molecule has 0 radical (unpaired) electrons.